The van der Waals surface area contributed by atoms with Crippen LogP contribution in [0.15, 0.2) is 0 Å². The van der Waals surface area contributed by atoms with E-state index in [-0.39, 0.29) is 0 Å². The van der Waals surface area contributed by atoms with Crippen molar-refractivity contribution >= 4 is 0 Å². The third-order valence-corrected chi connectivity index (χ3v) is 4.67. The molecular formula is C14H28N2O. The number of ether oxygens (including phenoxy) is 1. The highest BCUT2D eigenvalue weighted by Crippen LogP contribution is 2.31. The van der Waals surface area contributed by atoms with E-state index in [9.17, 15) is 0 Å². The van der Waals surface area contributed by atoms with Crippen LogP contribution in [-0.4, -0.2) is 63.3 Å². The van der Waals surface area contributed by atoms with Crippen LogP contribution in [-0.2, 0) is 4.74 Å². The summed E-state index contributed by atoms with van der Waals surface area (Å²) >= 11 is 0. The first-order chi connectivity index (χ1) is 8.29. The first-order valence-electron chi connectivity index (χ1n) is 7.19. The molecule has 3 heteroatoms. The van der Waals surface area contributed by atoms with Gasteiger partial charge in [0.15, 0.2) is 0 Å². The summed E-state index contributed by atoms with van der Waals surface area (Å²) in [5, 5.41) is 0. The molecule has 0 N–H and O–H groups in total. The SMILES string of the molecule is COCCN1CCC(C2CCN(C)CC2)CC1. The molecule has 2 fully saturated rings. The fourth-order valence-corrected chi connectivity index (χ4v) is 3.37. The predicted octanol–water partition coefficient (Wildman–Crippen LogP) is 1.69. The molecule has 17 heavy (non-hydrogen) atoms. The molecule has 0 atom stereocenters. The fraction of sp³-hybridized carbons (Fsp3) is 1.00. The van der Waals surface area contributed by atoms with Gasteiger partial charge in [-0.1, -0.05) is 0 Å². The summed E-state index contributed by atoms with van der Waals surface area (Å²) in [4.78, 5) is 5.04. The van der Waals surface area contributed by atoms with Gasteiger partial charge >= 0.3 is 0 Å². The molecular weight excluding hydrogens is 212 g/mol. The van der Waals surface area contributed by atoms with Crippen molar-refractivity contribution in [2.45, 2.75) is 25.7 Å². The van der Waals surface area contributed by atoms with E-state index in [1.165, 1.54) is 51.9 Å². The average molecular weight is 240 g/mol. The maximum absolute atomic E-state index is 5.15. The van der Waals surface area contributed by atoms with Crippen molar-refractivity contribution in [3.8, 4) is 0 Å². The van der Waals surface area contributed by atoms with Gasteiger partial charge in [-0.2, -0.15) is 0 Å². The minimum atomic E-state index is 0.888. The molecule has 0 bridgehead atoms. The lowest BCUT2D eigenvalue weighted by atomic mass is 9.79. The van der Waals surface area contributed by atoms with Crippen molar-refractivity contribution in [1.82, 2.24) is 9.80 Å². The van der Waals surface area contributed by atoms with E-state index in [1.54, 1.807) is 7.11 Å². The van der Waals surface area contributed by atoms with E-state index in [2.05, 4.69) is 16.8 Å². The Morgan fingerprint density at radius 2 is 1.47 bits per heavy atom. The Bertz CT molecular complexity index is 206. The summed E-state index contributed by atoms with van der Waals surface area (Å²) in [5.41, 5.74) is 0. The number of nitrogens with zero attached hydrogens (tertiary/aromatic N) is 2. The van der Waals surface area contributed by atoms with Crippen molar-refractivity contribution in [2.24, 2.45) is 11.8 Å². The summed E-state index contributed by atoms with van der Waals surface area (Å²) in [6.07, 6.45) is 5.69. The van der Waals surface area contributed by atoms with Gasteiger partial charge in [-0.15, -0.1) is 0 Å². The van der Waals surface area contributed by atoms with Gasteiger partial charge in [0.25, 0.3) is 0 Å². The number of rotatable bonds is 4. The molecule has 2 heterocycles. The molecule has 100 valence electrons. The summed E-state index contributed by atoms with van der Waals surface area (Å²) in [6, 6.07) is 0. The molecule has 0 aromatic rings. The minimum Gasteiger partial charge on any atom is -0.383 e. The lowest BCUT2D eigenvalue weighted by Gasteiger charge is -2.39. The van der Waals surface area contributed by atoms with Gasteiger partial charge in [-0.3, -0.25) is 0 Å². The van der Waals surface area contributed by atoms with Crippen molar-refractivity contribution in [2.75, 3.05) is 53.5 Å². The summed E-state index contributed by atoms with van der Waals surface area (Å²) in [5.74, 6) is 2.01. The lowest BCUT2D eigenvalue weighted by Crippen LogP contribution is -2.40. The molecule has 0 saturated carbocycles. The van der Waals surface area contributed by atoms with E-state index in [0.717, 1.165) is 25.0 Å². The van der Waals surface area contributed by atoms with Crippen molar-refractivity contribution in [1.29, 1.82) is 0 Å². The topological polar surface area (TPSA) is 15.7 Å². The van der Waals surface area contributed by atoms with Gasteiger partial charge < -0.3 is 14.5 Å². The Kier molecular flexibility index (Phi) is 5.26. The van der Waals surface area contributed by atoms with Crippen LogP contribution in [0.2, 0.25) is 0 Å². The second-order valence-electron chi connectivity index (χ2n) is 5.81. The zero-order chi connectivity index (χ0) is 12.1. The quantitative estimate of drug-likeness (QED) is 0.744. The molecule has 0 amide bonds. The summed E-state index contributed by atoms with van der Waals surface area (Å²) in [7, 11) is 4.05. The third kappa shape index (κ3) is 3.94. The van der Waals surface area contributed by atoms with E-state index < -0.39 is 0 Å². The molecule has 2 aliphatic rings. The van der Waals surface area contributed by atoms with Crippen LogP contribution in [0.4, 0.5) is 0 Å². The van der Waals surface area contributed by atoms with E-state index in [4.69, 9.17) is 4.74 Å². The van der Waals surface area contributed by atoms with Crippen LogP contribution in [0.25, 0.3) is 0 Å². The lowest BCUT2D eigenvalue weighted by molar-refractivity contribution is 0.0853. The van der Waals surface area contributed by atoms with Gasteiger partial charge in [0.05, 0.1) is 6.61 Å². The molecule has 0 aromatic carbocycles. The minimum absolute atomic E-state index is 0.888. The van der Waals surface area contributed by atoms with Gasteiger partial charge in [0.1, 0.15) is 0 Å². The monoisotopic (exact) mass is 240 g/mol. The van der Waals surface area contributed by atoms with Crippen LogP contribution in [0.1, 0.15) is 25.7 Å². The third-order valence-electron chi connectivity index (χ3n) is 4.67. The smallest absolute Gasteiger partial charge is 0.0589 e. The molecule has 2 aliphatic heterocycles. The van der Waals surface area contributed by atoms with Crippen LogP contribution in [0.5, 0.6) is 0 Å². The second kappa shape index (κ2) is 6.72. The number of hydrogen-bond donors (Lipinski definition) is 0. The molecule has 0 radical (unpaired) electrons. The van der Waals surface area contributed by atoms with Crippen LogP contribution >= 0.6 is 0 Å². The standard InChI is InChI=1S/C14H28N2O/c1-15-7-3-13(4-8-15)14-5-9-16(10-6-14)11-12-17-2/h13-14H,3-12H2,1-2H3. The number of piperidine rings is 2. The first kappa shape index (κ1) is 13.3. The van der Waals surface area contributed by atoms with Crippen LogP contribution in [0.3, 0.4) is 0 Å². The molecule has 3 nitrogen and oxygen atoms in total. The maximum Gasteiger partial charge on any atom is 0.0589 e. The van der Waals surface area contributed by atoms with Crippen LogP contribution < -0.4 is 0 Å². The average Bonchev–Trinajstić information content (AvgIpc) is 2.38. The van der Waals surface area contributed by atoms with E-state index in [0.29, 0.717) is 0 Å². The predicted molar refractivity (Wildman–Crippen MR) is 71.3 cm³/mol. The second-order valence-corrected chi connectivity index (χ2v) is 5.81. The molecule has 0 aliphatic carbocycles. The molecule has 2 saturated heterocycles. The van der Waals surface area contributed by atoms with Crippen molar-refractivity contribution < 1.29 is 4.74 Å². The molecule has 2 rings (SSSR count). The Labute approximate surface area is 106 Å². The Morgan fingerprint density at radius 3 is 2.00 bits per heavy atom. The highest BCUT2D eigenvalue weighted by Gasteiger charge is 2.28. The van der Waals surface area contributed by atoms with Gasteiger partial charge in [-0.05, 0) is 70.7 Å². The number of likely N-dealkylation sites (tertiary alicyclic amines) is 2. The zero-order valence-electron chi connectivity index (χ0n) is 11.5. The Hall–Kier alpha value is -0.120. The summed E-state index contributed by atoms with van der Waals surface area (Å²) in [6.45, 7) is 7.22. The summed E-state index contributed by atoms with van der Waals surface area (Å²) < 4.78 is 5.15. The molecule has 0 unspecified atom stereocenters. The highest BCUT2D eigenvalue weighted by atomic mass is 16.5. The number of hydrogen-bond acceptors (Lipinski definition) is 3. The molecule has 0 aromatic heterocycles. The van der Waals surface area contributed by atoms with Gasteiger partial charge in [0.2, 0.25) is 0 Å². The Morgan fingerprint density at radius 1 is 0.941 bits per heavy atom. The van der Waals surface area contributed by atoms with E-state index in [1.807, 2.05) is 0 Å². The van der Waals surface area contributed by atoms with Crippen molar-refractivity contribution in [3.05, 3.63) is 0 Å². The normalized spacial score (nSPS) is 26.5. The number of methoxy groups -OCH3 is 1. The Balaban J connectivity index is 1.68. The van der Waals surface area contributed by atoms with Gasteiger partial charge in [-0.25, -0.2) is 0 Å². The largest absolute Gasteiger partial charge is 0.383 e. The maximum atomic E-state index is 5.15. The van der Waals surface area contributed by atoms with Gasteiger partial charge in [0, 0.05) is 13.7 Å². The first-order valence-corrected chi connectivity index (χ1v) is 7.19. The highest BCUT2D eigenvalue weighted by molar-refractivity contribution is 4.81. The zero-order valence-corrected chi connectivity index (χ0v) is 11.5. The van der Waals surface area contributed by atoms with Crippen LogP contribution in [0, 0.1) is 11.8 Å². The fourth-order valence-electron chi connectivity index (χ4n) is 3.37. The molecule has 0 spiro atoms. The van der Waals surface area contributed by atoms with E-state index >= 15 is 0 Å². The van der Waals surface area contributed by atoms with Crippen molar-refractivity contribution in [3.63, 3.8) is 0 Å².